The van der Waals surface area contributed by atoms with Crippen molar-refractivity contribution in [3.63, 3.8) is 0 Å². The lowest BCUT2D eigenvalue weighted by Gasteiger charge is -2.17. The van der Waals surface area contributed by atoms with Crippen LogP contribution in [0.1, 0.15) is 19.4 Å². The summed E-state index contributed by atoms with van der Waals surface area (Å²) in [5.74, 6) is 0.359. The van der Waals surface area contributed by atoms with Crippen LogP contribution in [0.5, 0.6) is 5.75 Å². The molecule has 1 aliphatic rings. The number of hydrogen-bond donors (Lipinski definition) is 0. The first-order chi connectivity index (χ1) is 7.96. The summed E-state index contributed by atoms with van der Waals surface area (Å²) in [4.78, 5) is 0. The minimum absolute atomic E-state index is 0.00470. The smallest absolute Gasteiger partial charge is 0.163 e. The molecule has 0 aliphatic carbocycles. The maximum absolute atomic E-state index is 5.68. The fourth-order valence-corrected chi connectivity index (χ4v) is 2.06. The van der Waals surface area contributed by atoms with E-state index in [1.807, 2.05) is 39.0 Å². The summed E-state index contributed by atoms with van der Waals surface area (Å²) in [5.41, 5.74) is 1.19. The van der Waals surface area contributed by atoms with Crippen molar-refractivity contribution in [2.75, 3.05) is 13.2 Å². The average Bonchev–Trinajstić information content (AvgIpc) is 2.60. The highest BCUT2D eigenvalue weighted by molar-refractivity contribution is 9.10. The van der Waals surface area contributed by atoms with Crippen LogP contribution < -0.4 is 4.74 Å². The zero-order valence-electron chi connectivity index (χ0n) is 10.3. The van der Waals surface area contributed by atoms with Gasteiger partial charge in [-0.05, 0) is 38.5 Å². The van der Waals surface area contributed by atoms with Gasteiger partial charge in [0.2, 0.25) is 0 Å². The molecule has 0 aromatic heterocycles. The lowest BCUT2D eigenvalue weighted by Crippen LogP contribution is -2.25. The standard InChI is InChI=1S/C13H17BrO3/c1-9-4-5-10(6-12(9)14)15-7-11-8-16-13(2,3)17-11/h4-6,11H,7-8H2,1-3H3. The van der Waals surface area contributed by atoms with Gasteiger partial charge < -0.3 is 14.2 Å². The van der Waals surface area contributed by atoms with E-state index in [4.69, 9.17) is 14.2 Å². The molecule has 2 rings (SSSR count). The first kappa shape index (κ1) is 12.9. The Hall–Kier alpha value is -0.580. The quantitative estimate of drug-likeness (QED) is 0.857. The van der Waals surface area contributed by atoms with Crippen LogP contribution in [-0.2, 0) is 9.47 Å². The summed E-state index contributed by atoms with van der Waals surface area (Å²) in [6.07, 6.45) is 0.00470. The molecular weight excluding hydrogens is 284 g/mol. The summed E-state index contributed by atoms with van der Waals surface area (Å²) >= 11 is 3.48. The highest BCUT2D eigenvalue weighted by Crippen LogP contribution is 2.25. The van der Waals surface area contributed by atoms with E-state index in [-0.39, 0.29) is 6.10 Å². The van der Waals surface area contributed by atoms with Crippen LogP contribution in [0, 0.1) is 6.92 Å². The van der Waals surface area contributed by atoms with E-state index < -0.39 is 5.79 Å². The molecule has 94 valence electrons. The van der Waals surface area contributed by atoms with Crippen molar-refractivity contribution < 1.29 is 14.2 Å². The van der Waals surface area contributed by atoms with Gasteiger partial charge in [0.15, 0.2) is 5.79 Å². The minimum Gasteiger partial charge on any atom is -0.491 e. The third-order valence-corrected chi connectivity index (χ3v) is 3.50. The molecule has 1 aromatic carbocycles. The molecule has 0 N–H and O–H groups in total. The van der Waals surface area contributed by atoms with Gasteiger partial charge in [0.05, 0.1) is 6.61 Å². The Balaban J connectivity index is 1.88. The molecule has 4 heteroatoms. The van der Waals surface area contributed by atoms with Crippen molar-refractivity contribution in [2.45, 2.75) is 32.7 Å². The summed E-state index contributed by atoms with van der Waals surface area (Å²) < 4.78 is 17.9. The van der Waals surface area contributed by atoms with Crippen LogP contribution in [0.2, 0.25) is 0 Å². The summed E-state index contributed by atoms with van der Waals surface area (Å²) in [6.45, 7) is 6.97. The van der Waals surface area contributed by atoms with Crippen molar-refractivity contribution in [1.29, 1.82) is 0 Å². The maximum Gasteiger partial charge on any atom is 0.163 e. The number of ether oxygens (including phenoxy) is 3. The third-order valence-electron chi connectivity index (χ3n) is 2.65. The molecule has 1 fully saturated rings. The maximum atomic E-state index is 5.68. The predicted molar refractivity (Wildman–Crippen MR) is 69.3 cm³/mol. The number of rotatable bonds is 3. The molecule has 0 radical (unpaired) electrons. The highest BCUT2D eigenvalue weighted by atomic mass is 79.9. The van der Waals surface area contributed by atoms with Crippen molar-refractivity contribution in [3.05, 3.63) is 28.2 Å². The normalized spacial score (nSPS) is 22.7. The van der Waals surface area contributed by atoms with Gasteiger partial charge in [-0.15, -0.1) is 0 Å². The van der Waals surface area contributed by atoms with E-state index in [9.17, 15) is 0 Å². The minimum atomic E-state index is -0.484. The summed E-state index contributed by atoms with van der Waals surface area (Å²) in [6, 6.07) is 5.95. The van der Waals surface area contributed by atoms with Crippen LogP contribution in [0.15, 0.2) is 22.7 Å². The van der Waals surface area contributed by atoms with E-state index in [1.165, 1.54) is 5.56 Å². The van der Waals surface area contributed by atoms with E-state index in [0.29, 0.717) is 13.2 Å². The van der Waals surface area contributed by atoms with Crippen LogP contribution in [0.25, 0.3) is 0 Å². The molecule has 1 heterocycles. The second-order valence-corrected chi connectivity index (χ2v) is 5.53. The van der Waals surface area contributed by atoms with E-state index in [1.54, 1.807) is 0 Å². The second kappa shape index (κ2) is 4.96. The summed E-state index contributed by atoms with van der Waals surface area (Å²) in [5, 5.41) is 0. The number of halogens is 1. The fraction of sp³-hybridized carbons (Fsp3) is 0.538. The number of aryl methyl sites for hydroxylation is 1. The molecule has 17 heavy (non-hydrogen) atoms. The Kier molecular flexibility index (Phi) is 3.76. The van der Waals surface area contributed by atoms with E-state index >= 15 is 0 Å². The Labute approximate surface area is 110 Å². The second-order valence-electron chi connectivity index (χ2n) is 4.67. The Morgan fingerprint density at radius 2 is 2.24 bits per heavy atom. The molecule has 1 unspecified atom stereocenters. The molecule has 1 saturated heterocycles. The predicted octanol–water partition coefficient (Wildman–Crippen LogP) is 3.29. The van der Waals surface area contributed by atoms with Crippen molar-refractivity contribution in [3.8, 4) is 5.75 Å². The lowest BCUT2D eigenvalue weighted by atomic mass is 10.2. The average molecular weight is 301 g/mol. The monoisotopic (exact) mass is 300 g/mol. The molecule has 0 saturated carbocycles. The molecule has 3 nitrogen and oxygen atoms in total. The molecule has 0 bridgehead atoms. The van der Waals surface area contributed by atoms with Gasteiger partial charge in [0, 0.05) is 4.47 Å². The van der Waals surface area contributed by atoms with Gasteiger partial charge in [-0.2, -0.15) is 0 Å². The Bertz CT molecular complexity index is 404. The Morgan fingerprint density at radius 3 is 2.82 bits per heavy atom. The van der Waals surface area contributed by atoms with Crippen molar-refractivity contribution in [1.82, 2.24) is 0 Å². The topological polar surface area (TPSA) is 27.7 Å². The van der Waals surface area contributed by atoms with Gasteiger partial charge in [-0.1, -0.05) is 22.0 Å². The highest BCUT2D eigenvalue weighted by Gasteiger charge is 2.32. The Morgan fingerprint density at radius 1 is 1.47 bits per heavy atom. The molecule has 0 amide bonds. The number of benzene rings is 1. The zero-order valence-corrected chi connectivity index (χ0v) is 11.9. The largest absolute Gasteiger partial charge is 0.491 e. The van der Waals surface area contributed by atoms with Crippen LogP contribution in [0.4, 0.5) is 0 Å². The fourth-order valence-electron chi connectivity index (χ4n) is 1.70. The van der Waals surface area contributed by atoms with E-state index in [0.717, 1.165) is 10.2 Å². The van der Waals surface area contributed by atoms with Crippen LogP contribution in [-0.4, -0.2) is 25.1 Å². The van der Waals surface area contributed by atoms with Crippen LogP contribution in [0.3, 0.4) is 0 Å². The first-order valence-electron chi connectivity index (χ1n) is 5.67. The van der Waals surface area contributed by atoms with Crippen molar-refractivity contribution in [2.24, 2.45) is 0 Å². The van der Waals surface area contributed by atoms with Crippen molar-refractivity contribution >= 4 is 15.9 Å². The SMILES string of the molecule is Cc1ccc(OCC2COC(C)(C)O2)cc1Br. The third kappa shape index (κ3) is 3.44. The van der Waals surface area contributed by atoms with Gasteiger partial charge in [0.1, 0.15) is 18.5 Å². The van der Waals surface area contributed by atoms with Crippen LogP contribution >= 0.6 is 15.9 Å². The first-order valence-corrected chi connectivity index (χ1v) is 6.46. The van der Waals surface area contributed by atoms with Gasteiger partial charge in [-0.3, -0.25) is 0 Å². The molecule has 1 aliphatic heterocycles. The lowest BCUT2D eigenvalue weighted by molar-refractivity contribution is -0.141. The molecule has 1 aromatic rings. The van der Waals surface area contributed by atoms with Gasteiger partial charge in [0.25, 0.3) is 0 Å². The van der Waals surface area contributed by atoms with E-state index in [2.05, 4.69) is 15.9 Å². The van der Waals surface area contributed by atoms with Gasteiger partial charge in [-0.25, -0.2) is 0 Å². The zero-order chi connectivity index (χ0) is 12.5. The van der Waals surface area contributed by atoms with Gasteiger partial charge >= 0.3 is 0 Å². The number of hydrogen-bond acceptors (Lipinski definition) is 3. The molecule has 1 atom stereocenters. The molecule has 0 spiro atoms. The molecular formula is C13H17BrO3. The summed E-state index contributed by atoms with van der Waals surface area (Å²) in [7, 11) is 0.